The van der Waals surface area contributed by atoms with Gasteiger partial charge in [0.15, 0.2) is 5.96 Å². The van der Waals surface area contributed by atoms with Gasteiger partial charge in [0.1, 0.15) is 6.54 Å². The topological polar surface area (TPSA) is 78.7 Å². The SMILES string of the molecule is CN=C(NCCc1cccnc1)N1CCN(c2cnn(C)c2)C(=O)C1.I. The first-order chi connectivity index (χ1) is 12.2. The third-order valence-corrected chi connectivity index (χ3v) is 4.15. The van der Waals surface area contributed by atoms with Crippen LogP contribution in [0.1, 0.15) is 5.56 Å². The van der Waals surface area contributed by atoms with Gasteiger partial charge in [-0.3, -0.25) is 19.5 Å². The van der Waals surface area contributed by atoms with Crippen molar-refractivity contribution in [2.24, 2.45) is 12.0 Å². The molecule has 1 N–H and O–H groups in total. The van der Waals surface area contributed by atoms with Crippen molar-refractivity contribution in [3.63, 3.8) is 0 Å². The molecule has 2 aromatic heterocycles. The van der Waals surface area contributed by atoms with Crippen LogP contribution in [-0.2, 0) is 18.3 Å². The summed E-state index contributed by atoms with van der Waals surface area (Å²) in [5, 5.41) is 7.46. The van der Waals surface area contributed by atoms with Gasteiger partial charge < -0.3 is 15.1 Å². The van der Waals surface area contributed by atoms with E-state index in [-0.39, 0.29) is 29.9 Å². The van der Waals surface area contributed by atoms with Crippen molar-refractivity contribution in [1.29, 1.82) is 0 Å². The number of aromatic nitrogens is 3. The quantitative estimate of drug-likeness (QED) is 0.409. The summed E-state index contributed by atoms with van der Waals surface area (Å²) in [4.78, 5) is 24.7. The Morgan fingerprint density at radius 1 is 1.35 bits per heavy atom. The zero-order valence-electron chi connectivity index (χ0n) is 15.0. The molecular formula is C17H24IN7O. The molecule has 26 heavy (non-hydrogen) atoms. The van der Waals surface area contributed by atoms with Gasteiger partial charge in [-0.2, -0.15) is 5.10 Å². The molecule has 0 bridgehead atoms. The molecular weight excluding hydrogens is 445 g/mol. The number of halogens is 1. The van der Waals surface area contributed by atoms with E-state index in [1.807, 2.05) is 36.5 Å². The van der Waals surface area contributed by atoms with Crippen molar-refractivity contribution in [1.82, 2.24) is 25.0 Å². The number of rotatable bonds is 4. The van der Waals surface area contributed by atoms with E-state index in [1.165, 1.54) is 5.56 Å². The van der Waals surface area contributed by atoms with Crippen LogP contribution in [0.15, 0.2) is 41.9 Å². The highest BCUT2D eigenvalue weighted by Gasteiger charge is 2.27. The smallest absolute Gasteiger partial charge is 0.246 e. The summed E-state index contributed by atoms with van der Waals surface area (Å²) in [6, 6.07) is 3.98. The molecule has 1 aliphatic heterocycles. The fraction of sp³-hybridized carbons (Fsp3) is 0.412. The lowest BCUT2D eigenvalue weighted by molar-refractivity contribution is -0.120. The first-order valence-corrected chi connectivity index (χ1v) is 8.31. The van der Waals surface area contributed by atoms with Crippen LogP contribution in [0.5, 0.6) is 0 Å². The number of aryl methyl sites for hydroxylation is 1. The Morgan fingerprint density at radius 2 is 2.19 bits per heavy atom. The summed E-state index contributed by atoms with van der Waals surface area (Å²) in [5.74, 6) is 0.803. The Morgan fingerprint density at radius 3 is 2.81 bits per heavy atom. The molecule has 8 nitrogen and oxygen atoms in total. The zero-order valence-corrected chi connectivity index (χ0v) is 17.3. The fourth-order valence-corrected chi connectivity index (χ4v) is 2.87. The molecule has 0 spiro atoms. The molecule has 0 unspecified atom stereocenters. The number of nitrogens with zero attached hydrogens (tertiary/aromatic N) is 6. The maximum atomic E-state index is 12.5. The largest absolute Gasteiger partial charge is 0.356 e. The van der Waals surface area contributed by atoms with Crippen LogP contribution < -0.4 is 10.2 Å². The maximum absolute atomic E-state index is 12.5. The molecule has 140 valence electrons. The molecule has 1 saturated heterocycles. The highest BCUT2D eigenvalue weighted by atomic mass is 127. The predicted octanol–water partition coefficient (Wildman–Crippen LogP) is 0.900. The molecule has 0 aliphatic carbocycles. The number of carbonyl (C=O) groups excluding carboxylic acids is 1. The minimum absolute atomic E-state index is 0. The summed E-state index contributed by atoms with van der Waals surface area (Å²) in [6.07, 6.45) is 8.06. The Labute approximate surface area is 170 Å². The molecule has 3 heterocycles. The van der Waals surface area contributed by atoms with Crippen LogP contribution >= 0.6 is 24.0 Å². The first-order valence-electron chi connectivity index (χ1n) is 8.31. The molecule has 1 amide bonds. The first kappa shape index (κ1) is 20.1. The van der Waals surface area contributed by atoms with Crippen molar-refractivity contribution in [3.05, 3.63) is 42.5 Å². The fourth-order valence-electron chi connectivity index (χ4n) is 2.87. The second-order valence-electron chi connectivity index (χ2n) is 5.92. The number of guanidine groups is 1. The Bertz CT molecular complexity index is 747. The molecule has 0 radical (unpaired) electrons. The number of aliphatic imine (C=N–C) groups is 1. The average Bonchev–Trinajstić information content (AvgIpc) is 3.05. The number of carbonyl (C=O) groups is 1. The van der Waals surface area contributed by atoms with Crippen LogP contribution in [0.2, 0.25) is 0 Å². The van der Waals surface area contributed by atoms with Crippen molar-refractivity contribution < 1.29 is 4.79 Å². The van der Waals surface area contributed by atoms with Gasteiger partial charge in [-0.15, -0.1) is 24.0 Å². The molecule has 0 saturated carbocycles. The van der Waals surface area contributed by atoms with Gasteiger partial charge in [-0.05, 0) is 18.1 Å². The number of anilines is 1. The normalized spacial score (nSPS) is 15.0. The number of amides is 1. The second-order valence-corrected chi connectivity index (χ2v) is 5.92. The number of pyridine rings is 1. The summed E-state index contributed by atoms with van der Waals surface area (Å²) in [7, 11) is 3.59. The summed E-state index contributed by atoms with van der Waals surface area (Å²) >= 11 is 0. The van der Waals surface area contributed by atoms with Gasteiger partial charge >= 0.3 is 0 Å². The van der Waals surface area contributed by atoms with E-state index in [1.54, 1.807) is 29.0 Å². The average molecular weight is 469 g/mol. The van der Waals surface area contributed by atoms with Gasteiger partial charge in [0.05, 0.1) is 11.9 Å². The Hall–Kier alpha value is -2.17. The van der Waals surface area contributed by atoms with Crippen LogP contribution in [0, 0.1) is 0 Å². The van der Waals surface area contributed by atoms with Crippen LogP contribution in [0.4, 0.5) is 5.69 Å². The second kappa shape index (κ2) is 9.51. The van der Waals surface area contributed by atoms with Crippen molar-refractivity contribution in [2.75, 3.05) is 38.1 Å². The van der Waals surface area contributed by atoms with Gasteiger partial charge in [0, 0.05) is 52.3 Å². The number of hydrogen-bond acceptors (Lipinski definition) is 4. The van der Waals surface area contributed by atoms with E-state index >= 15 is 0 Å². The van der Waals surface area contributed by atoms with E-state index < -0.39 is 0 Å². The molecule has 0 aromatic carbocycles. The van der Waals surface area contributed by atoms with E-state index in [0.29, 0.717) is 13.1 Å². The summed E-state index contributed by atoms with van der Waals surface area (Å²) < 4.78 is 1.70. The summed E-state index contributed by atoms with van der Waals surface area (Å²) in [6.45, 7) is 2.40. The van der Waals surface area contributed by atoms with Gasteiger partial charge in [0.25, 0.3) is 0 Å². The Balaban J connectivity index is 0.00000243. The van der Waals surface area contributed by atoms with E-state index in [2.05, 4.69) is 20.4 Å². The van der Waals surface area contributed by atoms with Crippen molar-refractivity contribution >= 4 is 41.5 Å². The van der Waals surface area contributed by atoms with Gasteiger partial charge in [-0.25, -0.2) is 0 Å². The lowest BCUT2D eigenvalue weighted by atomic mass is 10.2. The van der Waals surface area contributed by atoms with Gasteiger partial charge in [0.2, 0.25) is 5.91 Å². The van der Waals surface area contributed by atoms with Crippen molar-refractivity contribution in [2.45, 2.75) is 6.42 Å². The maximum Gasteiger partial charge on any atom is 0.246 e. The molecule has 1 aliphatic rings. The van der Waals surface area contributed by atoms with Gasteiger partial charge in [-0.1, -0.05) is 6.07 Å². The monoisotopic (exact) mass is 469 g/mol. The molecule has 2 aromatic rings. The van der Waals surface area contributed by atoms with E-state index in [4.69, 9.17) is 0 Å². The number of hydrogen-bond donors (Lipinski definition) is 1. The van der Waals surface area contributed by atoms with Crippen LogP contribution in [0.25, 0.3) is 0 Å². The van der Waals surface area contributed by atoms with Crippen LogP contribution in [0.3, 0.4) is 0 Å². The molecule has 1 fully saturated rings. The number of piperazine rings is 1. The highest BCUT2D eigenvalue weighted by molar-refractivity contribution is 14.0. The lowest BCUT2D eigenvalue weighted by Crippen LogP contribution is -2.55. The van der Waals surface area contributed by atoms with E-state index in [0.717, 1.165) is 31.2 Å². The van der Waals surface area contributed by atoms with Crippen LogP contribution in [-0.4, -0.2) is 64.8 Å². The third kappa shape index (κ3) is 4.93. The van der Waals surface area contributed by atoms with E-state index in [9.17, 15) is 4.79 Å². The minimum Gasteiger partial charge on any atom is -0.356 e. The molecule has 9 heteroatoms. The third-order valence-electron chi connectivity index (χ3n) is 4.15. The predicted molar refractivity (Wildman–Crippen MR) is 112 cm³/mol. The standard InChI is InChI=1S/C17H23N7O.HI/c1-18-17(20-7-5-14-4-3-6-19-10-14)23-8-9-24(16(25)13-23)15-11-21-22(2)12-15;/h3-4,6,10-12H,5,7-9,13H2,1-2H3,(H,18,20);1H. The minimum atomic E-state index is 0. The number of nitrogens with one attached hydrogen (secondary N) is 1. The summed E-state index contributed by atoms with van der Waals surface area (Å²) in [5.41, 5.74) is 2.01. The highest BCUT2D eigenvalue weighted by Crippen LogP contribution is 2.16. The van der Waals surface area contributed by atoms with Crippen molar-refractivity contribution in [3.8, 4) is 0 Å². The molecule has 3 rings (SSSR count). The lowest BCUT2D eigenvalue weighted by Gasteiger charge is -2.35. The Kier molecular flexibility index (Phi) is 7.37. The zero-order chi connectivity index (χ0) is 17.6. The molecule has 0 atom stereocenters.